The molecule has 1 aromatic carbocycles. The van der Waals surface area contributed by atoms with Crippen molar-refractivity contribution in [1.82, 2.24) is 25.0 Å². The number of benzene rings is 1. The molecule has 4 rings (SSSR count). The number of aryl methyl sites for hydroxylation is 1. The third-order valence-corrected chi connectivity index (χ3v) is 4.88. The maximum Gasteiger partial charge on any atom is 0.255 e. The number of nitrogens with one attached hydrogen (secondary N) is 1. The van der Waals surface area contributed by atoms with E-state index in [1.165, 1.54) is 5.56 Å². The van der Waals surface area contributed by atoms with Crippen molar-refractivity contribution in [1.29, 1.82) is 0 Å². The highest BCUT2D eigenvalue weighted by molar-refractivity contribution is 5.99. The van der Waals surface area contributed by atoms with E-state index in [2.05, 4.69) is 44.6 Å². The average molecular weight is 361 g/mol. The third-order valence-electron chi connectivity index (χ3n) is 4.88. The molecule has 0 radical (unpaired) electrons. The van der Waals surface area contributed by atoms with Crippen LogP contribution in [0.1, 0.15) is 22.3 Å². The third kappa shape index (κ3) is 4.06. The molecule has 1 amide bonds. The second-order valence-electron chi connectivity index (χ2n) is 6.98. The highest BCUT2D eigenvalue weighted by Gasteiger charge is 2.26. The molecular weight excluding hydrogens is 338 g/mol. The molecule has 1 atom stereocenters. The Bertz CT molecular complexity index is 907. The zero-order valence-corrected chi connectivity index (χ0v) is 15.4. The lowest BCUT2D eigenvalue weighted by molar-refractivity contribution is 0.0938. The zero-order chi connectivity index (χ0) is 18.6. The lowest BCUT2D eigenvalue weighted by Gasteiger charge is -2.16. The van der Waals surface area contributed by atoms with Crippen LogP contribution in [0.25, 0.3) is 11.3 Å². The van der Waals surface area contributed by atoms with Crippen LogP contribution in [0.2, 0.25) is 0 Å². The fourth-order valence-corrected chi connectivity index (χ4v) is 3.58. The number of nitrogens with zero attached hydrogens (tertiary/aromatic N) is 4. The summed E-state index contributed by atoms with van der Waals surface area (Å²) in [6, 6.07) is 14.3. The van der Waals surface area contributed by atoms with E-state index in [-0.39, 0.29) is 11.9 Å². The van der Waals surface area contributed by atoms with Crippen LogP contribution in [0.4, 0.5) is 0 Å². The molecule has 27 heavy (non-hydrogen) atoms. The summed E-state index contributed by atoms with van der Waals surface area (Å²) in [5.41, 5.74) is 3.49. The summed E-state index contributed by atoms with van der Waals surface area (Å²) >= 11 is 0. The van der Waals surface area contributed by atoms with Crippen molar-refractivity contribution in [2.75, 3.05) is 13.1 Å². The SMILES string of the molecule is Cn1cc(C(=O)N[C@@H]2CCN(Cc3ccccc3)C2)c(-c2ccncc2)n1. The smallest absolute Gasteiger partial charge is 0.255 e. The van der Waals surface area contributed by atoms with Gasteiger partial charge < -0.3 is 5.32 Å². The van der Waals surface area contributed by atoms with E-state index in [4.69, 9.17) is 0 Å². The van der Waals surface area contributed by atoms with Crippen LogP contribution in [-0.2, 0) is 13.6 Å². The predicted molar refractivity (Wildman–Crippen MR) is 104 cm³/mol. The van der Waals surface area contributed by atoms with E-state index in [1.54, 1.807) is 23.3 Å². The summed E-state index contributed by atoms with van der Waals surface area (Å²) in [4.78, 5) is 19.3. The van der Waals surface area contributed by atoms with Gasteiger partial charge in [0, 0.05) is 56.9 Å². The van der Waals surface area contributed by atoms with Gasteiger partial charge in [-0.3, -0.25) is 19.4 Å². The Morgan fingerprint density at radius 3 is 2.74 bits per heavy atom. The van der Waals surface area contributed by atoms with Gasteiger partial charge in [0.25, 0.3) is 5.91 Å². The van der Waals surface area contributed by atoms with Crippen LogP contribution in [0.5, 0.6) is 0 Å². The van der Waals surface area contributed by atoms with E-state index in [0.717, 1.165) is 31.6 Å². The van der Waals surface area contributed by atoms with Crippen molar-refractivity contribution < 1.29 is 4.79 Å². The molecule has 0 saturated carbocycles. The monoisotopic (exact) mass is 361 g/mol. The number of rotatable bonds is 5. The fraction of sp³-hybridized carbons (Fsp3) is 0.286. The molecule has 0 bridgehead atoms. The quantitative estimate of drug-likeness (QED) is 0.758. The van der Waals surface area contributed by atoms with Crippen LogP contribution in [0.3, 0.4) is 0 Å². The van der Waals surface area contributed by atoms with Gasteiger partial charge in [0.05, 0.1) is 5.56 Å². The van der Waals surface area contributed by atoms with Gasteiger partial charge in [0.2, 0.25) is 0 Å². The van der Waals surface area contributed by atoms with Gasteiger partial charge in [0.1, 0.15) is 5.69 Å². The maximum atomic E-state index is 12.9. The van der Waals surface area contributed by atoms with Crippen LogP contribution >= 0.6 is 0 Å². The molecule has 0 aliphatic carbocycles. The van der Waals surface area contributed by atoms with E-state index in [0.29, 0.717) is 11.3 Å². The average Bonchev–Trinajstić information content (AvgIpc) is 3.29. The van der Waals surface area contributed by atoms with Crippen LogP contribution in [-0.4, -0.2) is 44.7 Å². The Morgan fingerprint density at radius 1 is 1.19 bits per heavy atom. The molecule has 0 spiro atoms. The lowest BCUT2D eigenvalue weighted by atomic mass is 10.1. The summed E-state index contributed by atoms with van der Waals surface area (Å²) in [5, 5.41) is 7.65. The van der Waals surface area contributed by atoms with Gasteiger partial charge >= 0.3 is 0 Å². The van der Waals surface area contributed by atoms with Gasteiger partial charge in [-0.25, -0.2) is 0 Å². The molecule has 3 heterocycles. The summed E-state index contributed by atoms with van der Waals surface area (Å²) in [7, 11) is 1.83. The second kappa shape index (κ2) is 7.72. The first-order chi connectivity index (χ1) is 13.2. The summed E-state index contributed by atoms with van der Waals surface area (Å²) in [5.74, 6) is -0.0681. The predicted octanol–water partition coefficient (Wildman–Crippen LogP) is 2.49. The van der Waals surface area contributed by atoms with Gasteiger partial charge in [-0.1, -0.05) is 30.3 Å². The van der Waals surface area contributed by atoms with Gasteiger partial charge in [0.15, 0.2) is 0 Å². The zero-order valence-electron chi connectivity index (χ0n) is 15.4. The van der Waals surface area contributed by atoms with Crippen molar-refractivity contribution in [3.05, 3.63) is 72.2 Å². The summed E-state index contributed by atoms with van der Waals surface area (Å²) < 4.78 is 1.68. The molecule has 138 valence electrons. The van der Waals surface area contributed by atoms with Crippen LogP contribution < -0.4 is 5.32 Å². The van der Waals surface area contributed by atoms with Crippen molar-refractivity contribution in [3.63, 3.8) is 0 Å². The molecule has 3 aromatic rings. The molecule has 1 saturated heterocycles. The van der Waals surface area contributed by atoms with Gasteiger partial charge in [-0.2, -0.15) is 5.10 Å². The minimum Gasteiger partial charge on any atom is -0.348 e. The summed E-state index contributed by atoms with van der Waals surface area (Å²) in [6.45, 7) is 2.78. The molecule has 0 unspecified atom stereocenters. The number of aromatic nitrogens is 3. The molecule has 2 aromatic heterocycles. The Morgan fingerprint density at radius 2 is 1.96 bits per heavy atom. The topological polar surface area (TPSA) is 63.1 Å². The van der Waals surface area contributed by atoms with Crippen molar-refractivity contribution >= 4 is 5.91 Å². The first kappa shape index (κ1) is 17.4. The number of likely N-dealkylation sites (tertiary alicyclic amines) is 1. The van der Waals surface area contributed by atoms with E-state index < -0.39 is 0 Å². The molecular formula is C21H23N5O. The largest absolute Gasteiger partial charge is 0.348 e. The van der Waals surface area contributed by atoms with Gasteiger partial charge in [-0.15, -0.1) is 0 Å². The number of hydrogen-bond donors (Lipinski definition) is 1. The second-order valence-corrected chi connectivity index (χ2v) is 6.98. The number of carbonyl (C=O) groups excluding carboxylic acids is 1. The van der Waals surface area contributed by atoms with Crippen LogP contribution in [0.15, 0.2) is 61.1 Å². The highest BCUT2D eigenvalue weighted by Crippen LogP contribution is 2.22. The van der Waals surface area contributed by atoms with Crippen LogP contribution in [0, 0.1) is 0 Å². The molecule has 1 aliphatic rings. The summed E-state index contributed by atoms with van der Waals surface area (Å²) in [6.07, 6.45) is 6.17. The Labute approximate surface area is 158 Å². The first-order valence-corrected chi connectivity index (χ1v) is 9.20. The van der Waals surface area contributed by atoms with Crippen molar-refractivity contribution in [2.45, 2.75) is 19.0 Å². The molecule has 1 fully saturated rings. The molecule has 6 heteroatoms. The normalized spacial score (nSPS) is 17.1. The van der Waals surface area contributed by atoms with E-state index >= 15 is 0 Å². The fourth-order valence-electron chi connectivity index (χ4n) is 3.58. The minimum atomic E-state index is -0.0681. The first-order valence-electron chi connectivity index (χ1n) is 9.20. The standard InChI is InChI=1S/C21H23N5O/c1-25-15-19(20(24-25)17-7-10-22-11-8-17)21(27)23-18-9-12-26(14-18)13-16-5-3-2-4-6-16/h2-8,10-11,15,18H,9,12-14H2,1H3,(H,23,27)/t18-/m1/s1. The maximum absolute atomic E-state index is 12.9. The number of carbonyl (C=O) groups is 1. The number of amides is 1. The minimum absolute atomic E-state index is 0.0681. The van der Waals surface area contributed by atoms with Crippen molar-refractivity contribution in [3.8, 4) is 11.3 Å². The van der Waals surface area contributed by atoms with E-state index in [9.17, 15) is 4.79 Å². The number of pyridine rings is 1. The van der Waals surface area contributed by atoms with Gasteiger partial charge in [-0.05, 0) is 24.1 Å². The highest BCUT2D eigenvalue weighted by atomic mass is 16.1. The van der Waals surface area contributed by atoms with Crippen molar-refractivity contribution in [2.24, 2.45) is 7.05 Å². The lowest BCUT2D eigenvalue weighted by Crippen LogP contribution is -2.37. The molecule has 1 N–H and O–H groups in total. The number of hydrogen-bond acceptors (Lipinski definition) is 4. The Kier molecular flexibility index (Phi) is 4.98. The molecule has 1 aliphatic heterocycles. The molecule has 6 nitrogen and oxygen atoms in total. The Balaban J connectivity index is 1.42. The Hall–Kier alpha value is -2.99. The van der Waals surface area contributed by atoms with E-state index in [1.807, 2.05) is 25.2 Å².